The quantitative estimate of drug-likeness (QED) is 0.257. The lowest BCUT2D eigenvalue weighted by Gasteiger charge is -2.22. The van der Waals surface area contributed by atoms with Gasteiger partial charge in [0.05, 0.1) is 16.9 Å². The summed E-state index contributed by atoms with van der Waals surface area (Å²) in [7, 11) is 0. The maximum Gasteiger partial charge on any atom is 0.140 e. The van der Waals surface area contributed by atoms with Crippen LogP contribution in [0.5, 0.6) is 0 Å². The van der Waals surface area contributed by atoms with Crippen LogP contribution in [0.3, 0.4) is 0 Å². The number of halogens is 1. The van der Waals surface area contributed by atoms with Crippen molar-refractivity contribution in [2.45, 2.75) is 26.3 Å². The minimum Gasteiger partial charge on any atom is -0.365 e. The molecule has 6 rings (SSSR count). The summed E-state index contributed by atoms with van der Waals surface area (Å²) in [6.45, 7) is 6.47. The number of hydrogen-bond acceptors (Lipinski definition) is 3. The molecule has 6 aromatic rings. The second kappa shape index (κ2) is 7.71. The molecular formula is C28H24BrN5. The molecule has 0 saturated carbocycles. The third-order valence-electron chi connectivity index (χ3n) is 5.88. The van der Waals surface area contributed by atoms with Gasteiger partial charge in [-0.1, -0.05) is 52.3 Å². The van der Waals surface area contributed by atoms with E-state index < -0.39 is 0 Å². The van der Waals surface area contributed by atoms with Crippen molar-refractivity contribution in [2.75, 3.05) is 5.32 Å². The van der Waals surface area contributed by atoms with Crippen LogP contribution in [-0.2, 0) is 0 Å². The van der Waals surface area contributed by atoms with Gasteiger partial charge in [-0.05, 0) is 57.2 Å². The van der Waals surface area contributed by atoms with Crippen molar-refractivity contribution >= 4 is 49.2 Å². The Labute approximate surface area is 206 Å². The number of nitrogens with one attached hydrogen (secondary N) is 2. The van der Waals surface area contributed by atoms with Crippen molar-refractivity contribution in [3.63, 3.8) is 0 Å². The molecule has 0 amide bonds. The number of pyridine rings is 2. The molecule has 0 fully saturated rings. The smallest absolute Gasteiger partial charge is 0.140 e. The molecule has 2 aromatic carbocycles. The molecule has 6 heteroatoms. The number of imidazole rings is 1. The number of rotatable bonds is 3. The minimum atomic E-state index is -0.139. The summed E-state index contributed by atoms with van der Waals surface area (Å²) in [6, 6.07) is 24.9. The number of anilines is 1. The topological polar surface area (TPSA) is 58.0 Å². The van der Waals surface area contributed by atoms with E-state index in [4.69, 9.17) is 9.97 Å². The van der Waals surface area contributed by atoms with E-state index in [-0.39, 0.29) is 5.54 Å². The van der Waals surface area contributed by atoms with E-state index in [0.717, 1.165) is 55.0 Å². The summed E-state index contributed by atoms with van der Waals surface area (Å²) >= 11 is 3.55. The molecule has 0 aliphatic rings. The summed E-state index contributed by atoms with van der Waals surface area (Å²) in [5.41, 5.74) is 6.51. The average molecular weight is 510 g/mol. The van der Waals surface area contributed by atoms with Gasteiger partial charge in [0.1, 0.15) is 17.2 Å². The van der Waals surface area contributed by atoms with Crippen molar-refractivity contribution in [1.82, 2.24) is 19.4 Å². The lowest BCUT2D eigenvalue weighted by molar-refractivity contribution is 0.629. The van der Waals surface area contributed by atoms with Gasteiger partial charge in [0.15, 0.2) is 0 Å². The highest BCUT2D eigenvalue weighted by Gasteiger charge is 2.22. The second-order valence-electron chi connectivity index (χ2n) is 9.57. The Morgan fingerprint density at radius 2 is 1.62 bits per heavy atom. The first-order valence-electron chi connectivity index (χ1n) is 11.3. The molecule has 4 heterocycles. The summed E-state index contributed by atoms with van der Waals surface area (Å²) in [5, 5.41) is 5.97. The first-order valence-corrected chi connectivity index (χ1v) is 12.1. The van der Waals surface area contributed by atoms with Crippen molar-refractivity contribution < 1.29 is 0 Å². The van der Waals surface area contributed by atoms with Crippen LogP contribution in [0.1, 0.15) is 20.8 Å². The van der Waals surface area contributed by atoms with E-state index in [1.165, 1.54) is 5.39 Å². The molecule has 2 N–H and O–H groups in total. The maximum absolute atomic E-state index is 5.19. The maximum atomic E-state index is 5.19. The van der Waals surface area contributed by atoms with Crippen LogP contribution >= 0.6 is 15.9 Å². The van der Waals surface area contributed by atoms with E-state index in [1.807, 2.05) is 24.4 Å². The van der Waals surface area contributed by atoms with E-state index >= 15 is 0 Å². The van der Waals surface area contributed by atoms with Gasteiger partial charge in [-0.25, -0.2) is 9.97 Å². The molecule has 4 aromatic heterocycles. The number of aromatic amines is 1. The Balaban J connectivity index is 1.69. The standard InChI is InChI=1S/C28H24BrN5/c1-28(2,3)33-27-26(32-23-10-6-7-15-34(23)27)22-16-20-19-8-4-5-9-21(19)30-25(20)24(31-22)17-11-13-18(29)14-12-17/h4-16,30,33H,1-3H3. The second-order valence-corrected chi connectivity index (χ2v) is 10.5. The van der Waals surface area contributed by atoms with Gasteiger partial charge in [-0.3, -0.25) is 4.40 Å². The number of hydrogen-bond donors (Lipinski definition) is 2. The zero-order valence-electron chi connectivity index (χ0n) is 19.2. The van der Waals surface area contributed by atoms with Crippen LogP contribution in [0.15, 0.2) is 83.5 Å². The highest BCUT2D eigenvalue weighted by atomic mass is 79.9. The number of para-hydroxylation sites is 1. The molecule has 0 aliphatic heterocycles. The molecular weight excluding hydrogens is 486 g/mol. The molecule has 0 bridgehead atoms. The molecule has 0 spiro atoms. The fourth-order valence-electron chi connectivity index (χ4n) is 4.43. The molecule has 0 aliphatic carbocycles. The molecule has 34 heavy (non-hydrogen) atoms. The first kappa shape index (κ1) is 20.9. The van der Waals surface area contributed by atoms with Crippen LogP contribution in [0.4, 0.5) is 5.82 Å². The molecule has 0 saturated heterocycles. The first-order chi connectivity index (χ1) is 16.4. The van der Waals surface area contributed by atoms with E-state index in [1.54, 1.807) is 0 Å². The number of H-pyrrole nitrogens is 1. The fourth-order valence-corrected chi connectivity index (χ4v) is 4.70. The van der Waals surface area contributed by atoms with Crippen molar-refractivity contribution in [3.05, 3.63) is 83.5 Å². The van der Waals surface area contributed by atoms with Crippen LogP contribution in [0.2, 0.25) is 0 Å². The molecule has 5 nitrogen and oxygen atoms in total. The van der Waals surface area contributed by atoms with E-state index in [0.29, 0.717) is 0 Å². The van der Waals surface area contributed by atoms with Gasteiger partial charge in [0, 0.05) is 38.1 Å². The Morgan fingerprint density at radius 1 is 0.853 bits per heavy atom. The van der Waals surface area contributed by atoms with Gasteiger partial charge in [-0.2, -0.15) is 0 Å². The molecule has 0 atom stereocenters. The summed E-state index contributed by atoms with van der Waals surface area (Å²) in [4.78, 5) is 13.8. The number of nitrogens with zero attached hydrogens (tertiary/aromatic N) is 3. The third-order valence-corrected chi connectivity index (χ3v) is 6.41. The molecule has 0 unspecified atom stereocenters. The van der Waals surface area contributed by atoms with Crippen molar-refractivity contribution in [3.8, 4) is 22.6 Å². The largest absolute Gasteiger partial charge is 0.365 e. The van der Waals surface area contributed by atoms with Gasteiger partial charge in [-0.15, -0.1) is 0 Å². The highest BCUT2D eigenvalue weighted by molar-refractivity contribution is 9.10. The fraction of sp³-hybridized carbons (Fsp3) is 0.143. The summed E-state index contributed by atoms with van der Waals surface area (Å²) in [5.74, 6) is 0.941. The summed E-state index contributed by atoms with van der Waals surface area (Å²) < 4.78 is 3.14. The predicted octanol–water partition coefficient (Wildman–Crippen LogP) is 7.67. The summed E-state index contributed by atoms with van der Waals surface area (Å²) in [6.07, 6.45) is 2.04. The van der Waals surface area contributed by atoms with Crippen LogP contribution in [0.25, 0.3) is 50.1 Å². The van der Waals surface area contributed by atoms with Crippen LogP contribution in [-0.4, -0.2) is 24.9 Å². The van der Waals surface area contributed by atoms with Crippen molar-refractivity contribution in [1.29, 1.82) is 0 Å². The third kappa shape index (κ3) is 3.55. The Bertz CT molecular complexity index is 1670. The SMILES string of the molecule is CC(C)(C)Nc1c(-c2cc3c([nH]c4ccccc43)c(-c3ccc(Br)cc3)n2)nc2ccccn12. The van der Waals surface area contributed by atoms with Gasteiger partial charge in [0.25, 0.3) is 0 Å². The highest BCUT2D eigenvalue weighted by Crippen LogP contribution is 2.37. The van der Waals surface area contributed by atoms with Gasteiger partial charge >= 0.3 is 0 Å². The van der Waals surface area contributed by atoms with Crippen LogP contribution in [0, 0.1) is 0 Å². The zero-order chi connectivity index (χ0) is 23.4. The lowest BCUT2D eigenvalue weighted by Crippen LogP contribution is -2.27. The monoisotopic (exact) mass is 509 g/mol. The van der Waals surface area contributed by atoms with Crippen molar-refractivity contribution in [2.24, 2.45) is 0 Å². The number of aromatic nitrogens is 4. The van der Waals surface area contributed by atoms with E-state index in [9.17, 15) is 0 Å². The zero-order valence-corrected chi connectivity index (χ0v) is 20.8. The average Bonchev–Trinajstić information content (AvgIpc) is 3.37. The van der Waals surface area contributed by atoms with Gasteiger partial charge < -0.3 is 10.3 Å². The lowest BCUT2D eigenvalue weighted by atomic mass is 10.1. The molecule has 0 radical (unpaired) electrons. The van der Waals surface area contributed by atoms with Gasteiger partial charge in [0.2, 0.25) is 0 Å². The Kier molecular flexibility index (Phi) is 4.74. The van der Waals surface area contributed by atoms with E-state index in [2.05, 4.69) is 106 Å². The number of benzene rings is 2. The normalized spacial score (nSPS) is 12.1. The minimum absolute atomic E-state index is 0.139. The predicted molar refractivity (Wildman–Crippen MR) is 144 cm³/mol. The Morgan fingerprint density at radius 3 is 2.41 bits per heavy atom. The Hall–Kier alpha value is -3.64. The number of fused-ring (bicyclic) bond motifs is 4. The van der Waals surface area contributed by atoms with Crippen LogP contribution < -0.4 is 5.32 Å². The molecule has 168 valence electrons.